The Morgan fingerprint density at radius 3 is 3.03 bits per heavy atom. The molecule has 1 fully saturated rings. The van der Waals surface area contributed by atoms with Crippen LogP contribution in [0.25, 0.3) is 10.9 Å². The summed E-state index contributed by atoms with van der Waals surface area (Å²) in [6, 6.07) is 6.75. The number of aryl methyl sites for hydroxylation is 2. The SMILES string of the molecule is CCc1cncnc1N1CCN(CCCc2c[nH]c3ccc(CSNC)cc23)C1. The minimum Gasteiger partial charge on any atom is -0.361 e. The molecule has 0 aliphatic carbocycles. The largest absolute Gasteiger partial charge is 0.361 e. The van der Waals surface area contributed by atoms with Crippen LogP contribution in [0, 0.1) is 0 Å². The molecule has 2 N–H and O–H groups in total. The number of hydrogen-bond donors (Lipinski definition) is 2. The first-order valence-electron chi connectivity index (χ1n) is 10.4. The van der Waals surface area contributed by atoms with Gasteiger partial charge in [-0.1, -0.05) is 24.9 Å². The summed E-state index contributed by atoms with van der Waals surface area (Å²) in [5.41, 5.74) is 5.27. The molecule has 7 heteroatoms. The molecule has 2 aromatic heterocycles. The Labute approximate surface area is 177 Å². The van der Waals surface area contributed by atoms with Crippen molar-refractivity contribution < 1.29 is 0 Å². The topological polar surface area (TPSA) is 60.1 Å². The van der Waals surface area contributed by atoms with E-state index in [1.165, 1.54) is 34.0 Å². The first kappa shape index (κ1) is 20.2. The van der Waals surface area contributed by atoms with Crippen molar-refractivity contribution in [1.82, 2.24) is 24.6 Å². The molecule has 29 heavy (non-hydrogen) atoms. The number of anilines is 1. The minimum absolute atomic E-state index is 0.962. The van der Waals surface area contributed by atoms with Crippen LogP contribution in [0.4, 0.5) is 5.82 Å². The van der Waals surface area contributed by atoms with Gasteiger partial charge in [-0.05, 0) is 49.6 Å². The maximum Gasteiger partial charge on any atom is 0.136 e. The molecule has 0 saturated carbocycles. The number of nitrogens with one attached hydrogen (secondary N) is 2. The van der Waals surface area contributed by atoms with Gasteiger partial charge in [-0.25, -0.2) is 9.97 Å². The molecule has 0 unspecified atom stereocenters. The first-order chi connectivity index (χ1) is 14.3. The molecule has 3 aromatic rings. The second-order valence-electron chi connectivity index (χ2n) is 7.54. The van der Waals surface area contributed by atoms with Gasteiger partial charge < -0.3 is 9.88 Å². The number of hydrogen-bond acceptors (Lipinski definition) is 6. The van der Waals surface area contributed by atoms with Crippen LogP contribution in [0.2, 0.25) is 0 Å². The van der Waals surface area contributed by atoms with Gasteiger partial charge >= 0.3 is 0 Å². The van der Waals surface area contributed by atoms with Crippen LogP contribution in [0.15, 0.2) is 36.9 Å². The van der Waals surface area contributed by atoms with Crippen molar-refractivity contribution in [3.63, 3.8) is 0 Å². The van der Waals surface area contributed by atoms with Crippen LogP contribution in [0.3, 0.4) is 0 Å². The Balaban J connectivity index is 1.32. The molecule has 1 saturated heterocycles. The fourth-order valence-electron chi connectivity index (χ4n) is 4.06. The summed E-state index contributed by atoms with van der Waals surface area (Å²) in [5.74, 6) is 2.09. The highest BCUT2D eigenvalue weighted by Crippen LogP contribution is 2.24. The van der Waals surface area contributed by atoms with Crippen LogP contribution in [-0.4, -0.2) is 53.2 Å². The van der Waals surface area contributed by atoms with Crippen LogP contribution in [0.1, 0.15) is 30.0 Å². The molecule has 3 heterocycles. The fraction of sp³-hybridized carbons (Fsp3) is 0.455. The summed E-state index contributed by atoms with van der Waals surface area (Å²) in [6.07, 6.45) is 9.04. The molecule has 1 aliphatic heterocycles. The normalized spacial score (nSPS) is 14.9. The van der Waals surface area contributed by atoms with Crippen LogP contribution < -0.4 is 9.62 Å². The average molecular weight is 411 g/mol. The smallest absolute Gasteiger partial charge is 0.136 e. The lowest BCUT2D eigenvalue weighted by Crippen LogP contribution is -2.27. The van der Waals surface area contributed by atoms with Gasteiger partial charge in [0.1, 0.15) is 12.1 Å². The maximum atomic E-state index is 4.53. The molecule has 0 bridgehead atoms. The number of rotatable bonds is 9. The zero-order chi connectivity index (χ0) is 20.1. The zero-order valence-corrected chi connectivity index (χ0v) is 18.1. The highest BCUT2D eigenvalue weighted by Gasteiger charge is 2.22. The van der Waals surface area contributed by atoms with E-state index in [2.05, 4.69) is 60.8 Å². The number of benzene rings is 1. The van der Waals surface area contributed by atoms with Crippen LogP contribution in [0.5, 0.6) is 0 Å². The van der Waals surface area contributed by atoms with Gasteiger partial charge in [0.25, 0.3) is 0 Å². The summed E-state index contributed by atoms with van der Waals surface area (Å²) < 4.78 is 3.15. The Morgan fingerprint density at radius 1 is 1.24 bits per heavy atom. The molecule has 0 amide bonds. The van der Waals surface area contributed by atoms with Gasteiger partial charge in [-0.3, -0.25) is 9.62 Å². The van der Waals surface area contributed by atoms with E-state index in [1.807, 2.05) is 13.2 Å². The average Bonchev–Trinajstić information content (AvgIpc) is 3.39. The summed E-state index contributed by atoms with van der Waals surface area (Å²) in [7, 11) is 1.97. The van der Waals surface area contributed by atoms with Crippen molar-refractivity contribution in [1.29, 1.82) is 0 Å². The predicted octanol–water partition coefficient (Wildman–Crippen LogP) is 3.60. The Morgan fingerprint density at radius 2 is 2.17 bits per heavy atom. The lowest BCUT2D eigenvalue weighted by atomic mass is 10.1. The molecule has 4 rings (SSSR count). The first-order valence-corrected chi connectivity index (χ1v) is 11.4. The van der Waals surface area contributed by atoms with Crippen molar-refractivity contribution >= 4 is 28.7 Å². The van der Waals surface area contributed by atoms with Crippen molar-refractivity contribution in [2.45, 2.75) is 31.9 Å². The minimum atomic E-state index is 0.962. The number of aromatic amines is 1. The van der Waals surface area contributed by atoms with E-state index >= 15 is 0 Å². The Hall–Kier alpha value is -2.09. The molecular formula is C22H30N6S. The molecule has 0 atom stereocenters. The van der Waals surface area contributed by atoms with E-state index in [0.717, 1.165) is 50.7 Å². The summed E-state index contributed by atoms with van der Waals surface area (Å²) in [5, 5.41) is 1.37. The lowest BCUT2D eigenvalue weighted by Gasteiger charge is -2.20. The third-order valence-electron chi connectivity index (χ3n) is 5.64. The van der Waals surface area contributed by atoms with Crippen molar-refractivity contribution in [3.8, 4) is 0 Å². The quantitative estimate of drug-likeness (QED) is 0.526. The van der Waals surface area contributed by atoms with Gasteiger partial charge in [-0.2, -0.15) is 0 Å². The third kappa shape index (κ3) is 4.74. The van der Waals surface area contributed by atoms with Crippen molar-refractivity contribution in [2.75, 3.05) is 38.3 Å². The van der Waals surface area contributed by atoms with Gasteiger partial charge in [0.05, 0.1) is 6.67 Å². The monoisotopic (exact) mass is 410 g/mol. The number of nitrogens with zero attached hydrogens (tertiary/aromatic N) is 4. The van der Waals surface area contributed by atoms with Crippen LogP contribution >= 0.6 is 11.9 Å². The molecular weight excluding hydrogens is 380 g/mol. The van der Waals surface area contributed by atoms with Gasteiger partial charge in [-0.15, -0.1) is 0 Å². The molecule has 154 valence electrons. The summed E-state index contributed by atoms with van der Waals surface area (Å²) in [6.45, 7) is 6.39. The number of aromatic nitrogens is 3. The summed E-state index contributed by atoms with van der Waals surface area (Å²) in [4.78, 5) is 17.1. The second kappa shape index (κ2) is 9.61. The highest BCUT2D eigenvalue weighted by molar-refractivity contribution is 7.96. The molecule has 0 radical (unpaired) electrons. The van der Waals surface area contributed by atoms with E-state index in [0.29, 0.717) is 0 Å². The predicted molar refractivity (Wildman–Crippen MR) is 122 cm³/mol. The van der Waals surface area contributed by atoms with E-state index in [9.17, 15) is 0 Å². The zero-order valence-electron chi connectivity index (χ0n) is 17.3. The lowest BCUT2D eigenvalue weighted by molar-refractivity contribution is 0.336. The van der Waals surface area contributed by atoms with Gasteiger partial charge in [0.15, 0.2) is 0 Å². The third-order valence-corrected chi connectivity index (χ3v) is 6.40. The Bertz CT molecular complexity index is 940. The number of H-pyrrole nitrogens is 1. The van der Waals surface area contributed by atoms with E-state index in [-0.39, 0.29) is 0 Å². The molecule has 0 spiro atoms. The second-order valence-corrected chi connectivity index (χ2v) is 8.52. The van der Waals surface area contributed by atoms with Crippen molar-refractivity contribution in [2.24, 2.45) is 0 Å². The van der Waals surface area contributed by atoms with Gasteiger partial charge in [0, 0.05) is 54.2 Å². The highest BCUT2D eigenvalue weighted by atomic mass is 32.2. The Kier molecular flexibility index (Phi) is 6.69. The molecule has 1 aromatic carbocycles. The van der Waals surface area contributed by atoms with Crippen molar-refractivity contribution in [3.05, 3.63) is 53.6 Å². The molecule has 1 aliphatic rings. The van der Waals surface area contributed by atoms with E-state index in [4.69, 9.17) is 0 Å². The fourth-order valence-corrected chi connectivity index (χ4v) is 4.55. The molecule has 6 nitrogen and oxygen atoms in total. The number of fused-ring (bicyclic) bond motifs is 1. The van der Waals surface area contributed by atoms with Gasteiger partial charge in [0.2, 0.25) is 0 Å². The summed E-state index contributed by atoms with van der Waals surface area (Å²) >= 11 is 1.73. The maximum absolute atomic E-state index is 4.53. The van der Waals surface area contributed by atoms with Crippen LogP contribution in [-0.2, 0) is 18.6 Å². The standard InChI is InChI=1S/C22H30N6S/c1-3-18-12-24-15-26-22(18)28-10-9-27(16-28)8-4-5-19-13-25-21-7-6-17(11-20(19)21)14-29-23-2/h6-7,11-13,15,23,25H,3-5,8-10,14,16H2,1-2H3. The van der Waals surface area contributed by atoms with E-state index < -0.39 is 0 Å². The van der Waals surface area contributed by atoms with E-state index in [1.54, 1.807) is 18.3 Å².